The van der Waals surface area contributed by atoms with Crippen LogP contribution in [0.3, 0.4) is 0 Å². The Hall–Kier alpha value is -2.30. The Morgan fingerprint density at radius 1 is 1.04 bits per heavy atom. The maximum absolute atomic E-state index is 12.6. The van der Waals surface area contributed by atoms with Gasteiger partial charge in [-0.25, -0.2) is 0 Å². The smallest absolute Gasteiger partial charge is 0.227 e. The SMILES string of the molecule is COc1ccc(CC(=O)N2CCN(C(=O)[C@@H]3CC=CCC3)CC2)cc1. The summed E-state index contributed by atoms with van der Waals surface area (Å²) in [7, 11) is 1.63. The number of hydrogen-bond acceptors (Lipinski definition) is 3. The van der Waals surface area contributed by atoms with Crippen molar-refractivity contribution in [2.24, 2.45) is 5.92 Å². The first-order chi connectivity index (χ1) is 12.2. The maximum Gasteiger partial charge on any atom is 0.227 e. The fourth-order valence-electron chi connectivity index (χ4n) is 3.48. The Kier molecular flexibility index (Phi) is 5.74. The molecule has 25 heavy (non-hydrogen) atoms. The molecule has 0 aromatic heterocycles. The lowest BCUT2D eigenvalue weighted by Gasteiger charge is -2.36. The second-order valence-electron chi connectivity index (χ2n) is 6.71. The minimum Gasteiger partial charge on any atom is -0.497 e. The van der Waals surface area contributed by atoms with E-state index in [1.165, 1.54) is 0 Å². The van der Waals surface area contributed by atoms with Crippen LogP contribution in [0.4, 0.5) is 0 Å². The molecule has 1 saturated heterocycles. The third kappa shape index (κ3) is 4.41. The molecule has 2 amide bonds. The van der Waals surface area contributed by atoms with Crippen molar-refractivity contribution in [1.29, 1.82) is 0 Å². The van der Waals surface area contributed by atoms with Crippen molar-refractivity contribution in [3.05, 3.63) is 42.0 Å². The molecule has 3 rings (SSSR count). The molecule has 0 unspecified atom stereocenters. The molecule has 1 fully saturated rings. The van der Waals surface area contributed by atoms with Crippen molar-refractivity contribution in [3.8, 4) is 5.75 Å². The van der Waals surface area contributed by atoms with E-state index in [-0.39, 0.29) is 17.7 Å². The molecular weight excluding hydrogens is 316 g/mol. The molecule has 0 bridgehead atoms. The molecule has 1 aliphatic heterocycles. The number of allylic oxidation sites excluding steroid dienone is 2. The summed E-state index contributed by atoms with van der Waals surface area (Å²) in [6, 6.07) is 7.59. The first-order valence-corrected chi connectivity index (χ1v) is 9.02. The summed E-state index contributed by atoms with van der Waals surface area (Å²) in [6.07, 6.45) is 7.46. The summed E-state index contributed by atoms with van der Waals surface area (Å²) in [4.78, 5) is 28.8. The summed E-state index contributed by atoms with van der Waals surface area (Å²) in [5, 5.41) is 0. The average Bonchev–Trinajstić information content (AvgIpc) is 2.69. The van der Waals surface area contributed by atoms with E-state index in [2.05, 4.69) is 12.2 Å². The van der Waals surface area contributed by atoms with Crippen LogP contribution in [-0.2, 0) is 16.0 Å². The van der Waals surface area contributed by atoms with E-state index in [1.807, 2.05) is 34.1 Å². The minimum absolute atomic E-state index is 0.123. The number of rotatable bonds is 4. The Bertz CT molecular complexity index is 631. The average molecular weight is 342 g/mol. The van der Waals surface area contributed by atoms with Gasteiger partial charge in [0, 0.05) is 32.1 Å². The maximum atomic E-state index is 12.6. The van der Waals surface area contributed by atoms with Gasteiger partial charge < -0.3 is 14.5 Å². The molecule has 0 spiro atoms. The van der Waals surface area contributed by atoms with Crippen molar-refractivity contribution in [2.45, 2.75) is 25.7 Å². The molecule has 0 N–H and O–H groups in total. The lowest BCUT2D eigenvalue weighted by Crippen LogP contribution is -2.52. The van der Waals surface area contributed by atoms with Crippen molar-refractivity contribution in [2.75, 3.05) is 33.3 Å². The molecule has 5 nitrogen and oxygen atoms in total. The van der Waals surface area contributed by atoms with E-state index in [1.54, 1.807) is 7.11 Å². The van der Waals surface area contributed by atoms with E-state index in [0.29, 0.717) is 32.6 Å². The topological polar surface area (TPSA) is 49.9 Å². The Morgan fingerprint density at radius 2 is 1.72 bits per heavy atom. The van der Waals surface area contributed by atoms with Crippen molar-refractivity contribution >= 4 is 11.8 Å². The fraction of sp³-hybridized carbons (Fsp3) is 0.500. The molecule has 5 heteroatoms. The first-order valence-electron chi connectivity index (χ1n) is 9.02. The van der Waals surface area contributed by atoms with Crippen LogP contribution in [0.1, 0.15) is 24.8 Å². The van der Waals surface area contributed by atoms with Gasteiger partial charge in [0.15, 0.2) is 0 Å². The first kappa shape index (κ1) is 17.5. The van der Waals surface area contributed by atoms with Crippen molar-refractivity contribution < 1.29 is 14.3 Å². The van der Waals surface area contributed by atoms with Gasteiger partial charge in [0.05, 0.1) is 13.5 Å². The quantitative estimate of drug-likeness (QED) is 0.789. The van der Waals surface area contributed by atoms with Crippen LogP contribution in [0, 0.1) is 5.92 Å². The molecule has 1 aromatic rings. The van der Waals surface area contributed by atoms with Gasteiger partial charge in [0.2, 0.25) is 11.8 Å². The molecule has 1 heterocycles. The van der Waals surface area contributed by atoms with Crippen LogP contribution in [-0.4, -0.2) is 54.9 Å². The third-order valence-electron chi connectivity index (χ3n) is 5.08. The van der Waals surface area contributed by atoms with Crippen LogP contribution in [0.2, 0.25) is 0 Å². The van der Waals surface area contributed by atoms with Crippen LogP contribution in [0.15, 0.2) is 36.4 Å². The Balaban J connectivity index is 1.48. The monoisotopic (exact) mass is 342 g/mol. The largest absolute Gasteiger partial charge is 0.497 e. The number of hydrogen-bond donors (Lipinski definition) is 0. The standard InChI is InChI=1S/C20H26N2O3/c1-25-18-9-7-16(8-10-18)15-19(23)21-11-13-22(14-12-21)20(24)17-5-3-2-4-6-17/h2-3,7-10,17H,4-6,11-15H2,1H3/t17-/m1/s1. The summed E-state index contributed by atoms with van der Waals surface area (Å²) in [5.74, 6) is 1.30. The zero-order chi connectivity index (χ0) is 17.6. The molecule has 1 aromatic carbocycles. The number of nitrogens with zero attached hydrogens (tertiary/aromatic N) is 2. The highest BCUT2D eigenvalue weighted by Crippen LogP contribution is 2.21. The summed E-state index contributed by atoms with van der Waals surface area (Å²) in [6.45, 7) is 2.55. The van der Waals surface area contributed by atoms with Gasteiger partial charge in [0.25, 0.3) is 0 Å². The van der Waals surface area contributed by atoms with Gasteiger partial charge >= 0.3 is 0 Å². The number of ether oxygens (including phenoxy) is 1. The van der Waals surface area contributed by atoms with Gasteiger partial charge in [-0.15, -0.1) is 0 Å². The zero-order valence-corrected chi connectivity index (χ0v) is 14.8. The number of benzene rings is 1. The molecular formula is C20H26N2O3. The lowest BCUT2D eigenvalue weighted by molar-refractivity contribution is -0.142. The van der Waals surface area contributed by atoms with Crippen molar-refractivity contribution in [3.63, 3.8) is 0 Å². The van der Waals surface area contributed by atoms with E-state index in [9.17, 15) is 9.59 Å². The van der Waals surface area contributed by atoms with E-state index in [4.69, 9.17) is 4.74 Å². The highest BCUT2D eigenvalue weighted by molar-refractivity contribution is 5.81. The zero-order valence-electron chi connectivity index (χ0n) is 14.8. The second kappa shape index (κ2) is 8.19. The molecule has 0 radical (unpaired) electrons. The number of carbonyl (C=O) groups excluding carboxylic acids is 2. The minimum atomic E-state index is 0.123. The van der Waals surface area contributed by atoms with Crippen LogP contribution in [0.25, 0.3) is 0 Å². The second-order valence-corrected chi connectivity index (χ2v) is 6.71. The summed E-state index contributed by atoms with van der Waals surface area (Å²) >= 11 is 0. The normalized spacial score (nSPS) is 20.4. The number of methoxy groups -OCH3 is 1. The predicted octanol–water partition coefficient (Wildman–Crippen LogP) is 2.26. The highest BCUT2D eigenvalue weighted by atomic mass is 16.5. The van der Waals surface area contributed by atoms with Crippen LogP contribution >= 0.6 is 0 Å². The number of piperazine rings is 1. The van der Waals surface area contributed by atoms with Gasteiger partial charge in [-0.3, -0.25) is 9.59 Å². The Morgan fingerprint density at radius 3 is 2.32 bits per heavy atom. The number of amides is 2. The van der Waals surface area contributed by atoms with Crippen LogP contribution in [0.5, 0.6) is 5.75 Å². The highest BCUT2D eigenvalue weighted by Gasteiger charge is 2.28. The summed E-state index contributed by atoms with van der Waals surface area (Å²) < 4.78 is 5.14. The van der Waals surface area contributed by atoms with Gasteiger partial charge in [-0.2, -0.15) is 0 Å². The molecule has 1 atom stereocenters. The summed E-state index contributed by atoms with van der Waals surface area (Å²) in [5.41, 5.74) is 0.985. The molecule has 2 aliphatic rings. The third-order valence-corrected chi connectivity index (χ3v) is 5.08. The van der Waals surface area contributed by atoms with E-state index >= 15 is 0 Å². The number of carbonyl (C=O) groups is 2. The predicted molar refractivity (Wildman–Crippen MR) is 96.3 cm³/mol. The van der Waals surface area contributed by atoms with E-state index < -0.39 is 0 Å². The Labute approximate surface area is 149 Å². The van der Waals surface area contributed by atoms with Gasteiger partial charge in [0.1, 0.15) is 5.75 Å². The van der Waals surface area contributed by atoms with Crippen molar-refractivity contribution in [1.82, 2.24) is 9.80 Å². The lowest BCUT2D eigenvalue weighted by atomic mass is 9.93. The molecule has 1 aliphatic carbocycles. The molecule has 0 saturated carbocycles. The molecule has 134 valence electrons. The van der Waals surface area contributed by atoms with Gasteiger partial charge in [-0.05, 0) is 37.0 Å². The van der Waals surface area contributed by atoms with E-state index in [0.717, 1.165) is 30.6 Å². The van der Waals surface area contributed by atoms with Crippen LogP contribution < -0.4 is 4.74 Å². The van der Waals surface area contributed by atoms with Gasteiger partial charge in [-0.1, -0.05) is 24.3 Å². The fourth-order valence-corrected chi connectivity index (χ4v) is 3.48.